The van der Waals surface area contributed by atoms with Gasteiger partial charge in [0.15, 0.2) is 0 Å². The van der Waals surface area contributed by atoms with Gasteiger partial charge in [-0.15, -0.1) is 0 Å². The number of nitrogens with one attached hydrogen (secondary N) is 1. The number of H-pyrrole nitrogens is 1. The van der Waals surface area contributed by atoms with Crippen molar-refractivity contribution in [3.8, 4) is 5.75 Å². The number of hydrogen-bond acceptors (Lipinski definition) is 3. The monoisotopic (exact) mass is 311 g/mol. The summed E-state index contributed by atoms with van der Waals surface area (Å²) in [6.07, 6.45) is 6.29. The van der Waals surface area contributed by atoms with E-state index in [-0.39, 0.29) is 11.4 Å². The lowest BCUT2D eigenvalue weighted by molar-refractivity contribution is -0.143. The predicted octanol–water partition coefficient (Wildman–Crippen LogP) is 2.42. The number of benzene rings is 1. The van der Waals surface area contributed by atoms with E-state index >= 15 is 0 Å². The van der Waals surface area contributed by atoms with Crippen LogP contribution < -0.4 is 4.74 Å². The number of amides is 1. The third kappa shape index (κ3) is 2.22. The molecule has 1 aromatic heterocycles. The molecule has 23 heavy (non-hydrogen) atoms. The first-order valence-corrected chi connectivity index (χ1v) is 8.19. The zero-order chi connectivity index (χ0) is 15.9. The Balaban J connectivity index is 1.56. The predicted molar refractivity (Wildman–Crippen MR) is 86.2 cm³/mol. The molecule has 2 aromatic rings. The molecule has 2 aliphatic rings. The number of nitrogens with zero attached hydrogens (tertiary/aromatic N) is 2. The summed E-state index contributed by atoms with van der Waals surface area (Å²) in [5, 5.41) is 0. The summed E-state index contributed by atoms with van der Waals surface area (Å²) in [6, 6.07) is 7.75. The topological polar surface area (TPSA) is 58.2 Å². The highest BCUT2D eigenvalue weighted by atomic mass is 16.5. The van der Waals surface area contributed by atoms with Crippen LogP contribution in [0.1, 0.15) is 36.2 Å². The number of rotatable bonds is 3. The largest absolute Gasteiger partial charge is 0.497 e. The molecule has 5 heteroatoms. The highest BCUT2D eigenvalue weighted by Gasteiger charge is 2.50. The van der Waals surface area contributed by atoms with Crippen molar-refractivity contribution in [2.24, 2.45) is 0 Å². The standard InChI is InChI=1S/C18H21N3O2/c1-23-14-5-3-13(4-6-14)11-16(22)21-10-7-15-17(20-12-19-15)18(21)8-2-9-18/h3-6,12H,2,7-11H2,1H3,(H,19,20). The number of ether oxygens (including phenoxy) is 1. The lowest BCUT2D eigenvalue weighted by Crippen LogP contribution is -2.57. The van der Waals surface area contributed by atoms with Gasteiger partial charge in [0.2, 0.25) is 5.91 Å². The number of carbonyl (C=O) groups is 1. The second-order valence-corrected chi connectivity index (χ2v) is 6.44. The van der Waals surface area contributed by atoms with Gasteiger partial charge in [-0.2, -0.15) is 0 Å². The average molecular weight is 311 g/mol. The van der Waals surface area contributed by atoms with Gasteiger partial charge < -0.3 is 14.6 Å². The molecule has 0 bridgehead atoms. The van der Waals surface area contributed by atoms with Crippen LogP contribution in [-0.2, 0) is 23.2 Å². The SMILES string of the molecule is COc1ccc(CC(=O)N2CCc3[nH]cnc3C23CCC3)cc1. The number of aromatic nitrogens is 2. The van der Waals surface area contributed by atoms with Gasteiger partial charge in [-0.3, -0.25) is 4.79 Å². The first-order valence-electron chi connectivity index (χ1n) is 8.19. The van der Waals surface area contributed by atoms with Crippen molar-refractivity contribution >= 4 is 5.91 Å². The number of carbonyl (C=O) groups excluding carboxylic acids is 1. The normalized spacial score (nSPS) is 18.4. The summed E-state index contributed by atoms with van der Waals surface area (Å²) < 4.78 is 5.17. The molecular formula is C18H21N3O2. The molecule has 120 valence electrons. The van der Waals surface area contributed by atoms with E-state index in [1.54, 1.807) is 13.4 Å². The first kappa shape index (κ1) is 14.3. The van der Waals surface area contributed by atoms with Crippen LogP contribution in [0, 0.1) is 0 Å². The van der Waals surface area contributed by atoms with Gasteiger partial charge in [0.1, 0.15) is 5.75 Å². The molecule has 1 spiro atoms. The van der Waals surface area contributed by atoms with Gasteiger partial charge in [-0.1, -0.05) is 12.1 Å². The molecule has 0 atom stereocenters. The van der Waals surface area contributed by atoms with Crippen molar-refractivity contribution < 1.29 is 9.53 Å². The molecule has 1 aliphatic heterocycles. The number of hydrogen-bond donors (Lipinski definition) is 1. The van der Waals surface area contributed by atoms with Crippen LogP contribution >= 0.6 is 0 Å². The van der Waals surface area contributed by atoms with Crippen LogP contribution in [0.5, 0.6) is 5.75 Å². The van der Waals surface area contributed by atoms with E-state index in [0.29, 0.717) is 6.42 Å². The van der Waals surface area contributed by atoms with Crippen molar-refractivity contribution in [1.29, 1.82) is 0 Å². The summed E-state index contributed by atoms with van der Waals surface area (Å²) in [7, 11) is 1.65. The minimum Gasteiger partial charge on any atom is -0.497 e. The number of aromatic amines is 1. The van der Waals surface area contributed by atoms with Crippen LogP contribution in [-0.4, -0.2) is 34.4 Å². The fraction of sp³-hybridized carbons (Fsp3) is 0.444. The van der Waals surface area contributed by atoms with E-state index in [1.807, 2.05) is 24.3 Å². The highest BCUT2D eigenvalue weighted by molar-refractivity contribution is 5.80. The molecular weight excluding hydrogens is 290 g/mol. The summed E-state index contributed by atoms with van der Waals surface area (Å²) in [5.41, 5.74) is 3.17. The minimum absolute atomic E-state index is 0.156. The van der Waals surface area contributed by atoms with Gasteiger partial charge >= 0.3 is 0 Å². The number of fused-ring (bicyclic) bond motifs is 2. The third-order valence-corrected chi connectivity index (χ3v) is 5.26. The maximum absolute atomic E-state index is 12.9. The zero-order valence-corrected chi connectivity index (χ0v) is 13.3. The van der Waals surface area contributed by atoms with E-state index < -0.39 is 0 Å². The molecule has 1 N–H and O–H groups in total. The third-order valence-electron chi connectivity index (χ3n) is 5.26. The van der Waals surface area contributed by atoms with Crippen molar-refractivity contribution in [1.82, 2.24) is 14.9 Å². The Hall–Kier alpha value is -2.30. The fourth-order valence-corrected chi connectivity index (χ4v) is 3.87. The van der Waals surface area contributed by atoms with Gasteiger partial charge in [0.25, 0.3) is 0 Å². The summed E-state index contributed by atoms with van der Waals surface area (Å²) in [6.45, 7) is 0.782. The molecule has 0 radical (unpaired) electrons. The van der Waals surface area contributed by atoms with E-state index in [0.717, 1.165) is 42.8 Å². The molecule has 1 aromatic carbocycles. The van der Waals surface area contributed by atoms with Crippen LogP contribution in [0.25, 0.3) is 0 Å². The van der Waals surface area contributed by atoms with E-state index in [2.05, 4.69) is 14.9 Å². The maximum atomic E-state index is 12.9. The Morgan fingerprint density at radius 3 is 2.78 bits per heavy atom. The molecule has 1 saturated carbocycles. The number of methoxy groups -OCH3 is 1. The number of imidazole rings is 1. The summed E-state index contributed by atoms with van der Waals surface area (Å²) in [4.78, 5) is 22.8. The maximum Gasteiger partial charge on any atom is 0.227 e. The van der Waals surface area contributed by atoms with Crippen molar-refractivity contribution in [2.45, 2.75) is 37.6 Å². The van der Waals surface area contributed by atoms with E-state index in [1.165, 1.54) is 12.1 Å². The molecule has 5 nitrogen and oxygen atoms in total. The smallest absolute Gasteiger partial charge is 0.227 e. The molecule has 1 amide bonds. The van der Waals surface area contributed by atoms with Crippen LogP contribution in [0.2, 0.25) is 0 Å². The Kier molecular flexibility index (Phi) is 3.36. The van der Waals surface area contributed by atoms with Crippen LogP contribution in [0.4, 0.5) is 0 Å². The lowest BCUT2D eigenvalue weighted by Gasteiger charge is -2.52. The molecule has 2 heterocycles. The molecule has 1 aliphatic carbocycles. The Morgan fingerprint density at radius 1 is 1.35 bits per heavy atom. The Bertz CT molecular complexity index is 716. The second kappa shape index (κ2) is 5.41. The Morgan fingerprint density at radius 2 is 2.13 bits per heavy atom. The van der Waals surface area contributed by atoms with Crippen molar-refractivity contribution in [3.05, 3.63) is 47.5 Å². The summed E-state index contributed by atoms with van der Waals surface area (Å²) in [5.74, 6) is 1.01. The Labute approximate surface area is 135 Å². The van der Waals surface area contributed by atoms with Crippen LogP contribution in [0.15, 0.2) is 30.6 Å². The van der Waals surface area contributed by atoms with Crippen LogP contribution in [0.3, 0.4) is 0 Å². The van der Waals surface area contributed by atoms with Gasteiger partial charge in [0, 0.05) is 18.7 Å². The highest BCUT2D eigenvalue weighted by Crippen LogP contribution is 2.49. The fourth-order valence-electron chi connectivity index (χ4n) is 3.87. The molecule has 4 rings (SSSR count). The van der Waals surface area contributed by atoms with Crippen molar-refractivity contribution in [2.75, 3.05) is 13.7 Å². The molecule has 0 saturated heterocycles. The van der Waals surface area contributed by atoms with E-state index in [4.69, 9.17) is 4.74 Å². The van der Waals surface area contributed by atoms with Gasteiger partial charge in [0.05, 0.1) is 31.1 Å². The van der Waals surface area contributed by atoms with Gasteiger partial charge in [-0.25, -0.2) is 4.98 Å². The van der Waals surface area contributed by atoms with Crippen molar-refractivity contribution in [3.63, 3.8) is 0 Å². The van der Waals surface area contributed by atoms with Gasteiger partial charge in [-0.05, 0) is 37.0 Å². The average Bonchev–Trinajstić information content (AvgIpc) is 3.01. The first-order chi connectivity index (χ1) is 11.2. The summed E-state index contributed by atoms with van der Waals surface area (Å²) >= 11 is 0. The quantitative estimate of drug-likeness (QED) is 0.947. The molecule has 1 fully saturated rings. The second-order valence-electron chi connectivity index (χ2n) is 6.44. The van der Waals surface area contributed by atoms with E-state index in [9.17, 15) is 4.79 Å². The molecule has 0 unspecified atom stereocenters. The lowest BCUT2D eigenvalue weighted by atomic mass is 9.70. The minimum atomic E-state index is -0.156. The zero-order valence-electron chi connectivity index (χ0n) is 13.3.